The second-order valence-corrected chi connectivity index (χ2v) is 7.88. The maximum atomic E-state index is 12.6. The molecule has 0 aliphatic rings. The summed E-state index contributed by atoms with van der Waals surface area (Å²) in [6, 6.07) is -2.84. The van der Waals surface area contributed by atoms with Crippen LogP contribution >= 0.6 is 0 Å². The summed E-state index contributed by atoms with van der Waals surface area (Å²) >= 11 is 0. The Morgan fingerprint density at radius 1 is 0.970 bits per heavy atom. The minimum Gasteiger partial charge on any atom is -0.480 e. The first-order chi connectivity index (χ1) is 15.5. The second-order valence-electron chi connectivity index (χ2n) is 7.88. The van der Waals surface area contributed by atoms with Gasteiger partial charge in [0.05, 0.1) is 12.6 Å². The van der Waals surface area contributed by atoms with E-state index < -0.39 is 48.4 Å². The lowest BCUT2D eigenvalue weighted by Gasteiger charge is -2.23. The number of carboxylic acids is 1. The van der Waals surface area contributed by atoms with Crippen LogP contribution in [0.3, 0.4) is 0 Å². The van der Waals surface area contributed by atoms with E-state index in [1.165, 1.54) is 0 Å². The minimum atomic E-state index is -1.17. The van der Waals surface area contributed by atoms with Crippen molar-refractivity contribution in [3.8, 4) is 0 Å². The normalized spacial score (nSPS) is 14.3. The zero-order valence-corrected chi connectivity index (χ0v) is 19.5. The largest absolute Gasteiger partial charge is 0.480 e. The van der Waals surface area contributed by atoms with E-state index in [1.807, 2.05) is 13.8 Å². The molecule has 12 N–H and O–H groups in total. The van der Waals surface area contributed by atoms with Crippen molar-refractivity contribution in [3.63, 3.8) is 0 Å². The van der Waals surface area contributed by atoms with Crippen LogP contribution in [0.5, 0.6) is 0 Å². The van der Waals surface area contributed by atoms with Crippen molar-refractivity contribution in [1.29, 1.82) is 0 Å². The quantitative estimate of drug-likeness (QED) is 0.0644. The van der Waals surface area contributed by atoms with Crippen LogP contribution < -0.4 is 38.9 Å². The Labute approximate surface area is 194 Å². The van der Waals surface area contributed by atoms with E-state index in [0.717, 1.165) is 0 Å². The van der Waals surface area contributed by atoms with Gasteiger partial charge < -0.3 is 44.0 Å². The lowest BCUT2D eigenvalue weighted by Crippen LogP contribution is -2.54. The van der Waals surface area contributed by atoms with Gasteiger partial charge in [0.1, 0.15) is 12.1 Å². The van der Waals surface area contributed by atoms with E-state index in [0.29, 0.717) is 32.2 Å². The van der Waals surface area contributed by atoms with Crippen LogP contribution in [0.2, 0.25) is 0 Å². The molecule has 0 saturated carbocycles. The fourth-order valence-corrected chi connectivity index (χ4v) is 2.84. The highest BCUT2D eigenvalue weighted by atomic mass is 16.4. The Balaban J connectivity index is 4.97. The van der Waals surface area contributed by atoms with E-state index in [4.69, 9.17) is 22.9 Å². The van der Waals surface area contributed by atoms with Gasteiger partial charge in [-0.25, -0.2) is 4.79 Å². The maximum absolute atomic E-state index is 12.6. The predicted octanol–water partition coefficient (Wildman–Crippen LogP) is -2.29. The van der Waals surface area contributed by atoms with E-state index in [2.05, 4.69) is 20.9 Å². The van der Waals surface area contributed by atoms with Gasteiger partial charge in [0, 0.05) is 6.54 Å². The molecule has 190 valence electrons. The van der Waals surface area contributed by atoms with Crippen LogP contribution in [-0.4, -0.2) is 72.5 Å². The molecule has 13 nitrogen and oxygen atoms in total. The molecule has 13 heteroatoms. The molecule has 4 atom stereocenters. The number of amides is 3. The van der Waals surface area contributed by atoms with Crippen molar-refractivity contribution in [3.05, 3.63) is 0 Å². The molecule has 0 bridgehead atoms. The van der Waals surface area contributed by atoms with Crippen LogP contribution in [0.25, 0.3) is 0 Å². The number of nitrogens with zero attached hydrogens (tertiary/aromatic N) is 1. The molecule has 0 rings (SSSR count). The van der Waals surface area contributed by atoms with Gasteiger partial charge in [0.2, 0.25) is 17.7 Å². The summed E-state index contributed by atoms with van der Waals surface area (Å²) < 4.78 is 0. The molecule has 0 aromatic carbocycles. The van der Waals surface area contributed by atoms with Gasteiger partial charge in [-0.1, -0.05) is 20.3 Å². The van der Waals surface area contributed by atoms with Gasteiger partial charge in [0.15, 0.2) is 5.96 Å². The third-order valence-corrected chi connectivity index (χ3v) is 5.14. The SMILES string of the molecule is CCC(C)C(N)C(=O)NC(CCCN=C(N)N)C(=O)NCC(=O)NC(CCCCN)C(=O)O. The molecule has 0 radical (unpaired) electrons. The molecule has 33 heavy (non-hydrogen) atoms. The first-order valence-corrected chi connectivity index (χ1v) is 11.1. The first kappa shape index (κ1) is 30.1. The standard InChI is InChI=1S/C20H40N8O5/c1-3-12(2)16(22)18(31)28-13(8-6-10-25-20(23)24)17(30)26-11-15(29)27-14(19(32)33)7-4-5-9-21/h12-14,16H,3-11,21-22H2,1-2H3,(H,26,30)(H,27,29)(H,28,31)(H,32,33)(H4,23,24,25). The van der Waals surface area contributed by atoms with Crippen LogP contribution in [0.15, 0.2) is 4.99 Å². The molecule has 0 heterocycles. The Hall–Kier alpha value is -2.93. The van der Waals surface area contributed by atoms with E-state index >= 15 is 0 Å². The summed E-state index contributed by atoms with van der Waals surface area (Å²) in [4.78, 5) is 52.4. The fraction of sp³-hybridized carbons (Fsp3) is 0.750. The number of hydrogen-bond acceptors (Lipinski definition) is 7. The summed E-state index contributed by atoms with van der Waals surface area (Å²) in [7, 11) is 0. The van der Waals surface area contributed by atoms with Crippen molar-refractivity contribution < 1.29 is 24.3 Å². The minimum absolute atomic E-state index is 0.0880. The van der Waals surface area contributed by atoms with Gasteiger partial charge in [0.25, 0.3) is 0 Å². The molecule has 0 aliphatic carbocycles. The van der Waals surface area contributed by atoms with Crippen LogP contribution in [0.1, 0.15) is 52.4 Å². The molecule has 0 spiro atoms. The Bertz CT molecular complexity index is 669. The van der Waals surface area contributed by atoms with E-state index in [1.54, 1.807) is 0 Å². The number of aliphatic imine (C=N–C) groups is 1. The van der Waals surface area contributed by atoms with Crippen molar-refractivity contribution >= 4 is 29.7 Å². The zero-order chi connectivity index (χ0) is 25.4. The summed E-state index contributed by atoms with van der Waals surface area (Å²) in [5, 5.41) is 16.6. The summed E-state index contributed by atoms with van der Waals surface area (Å²) in [6.07, 6.45) is 2.69. The number of carbonyl (C=O) groups excluding carboxylic acids is 3. The highest BCUT2D eigenvalue weighted by molar-refractivity contribution is 5.92. The van der Waals surface area contributed by atoms with Crippen LogP contribution in [0, 0.1) is 5.92 Å². The molecular weight excluding hydrogens is 432 g/mol. The predicted molar refractivity (Wildman–Crippen MR) is 125 cm³/mol. The number of nitrogens with two attached hydrogens (primary N) is 4. The Morgan fingerprint density at radius 3 is 2.15 bits per heavy atom. The summed E-state index contributed by atoms with van der Waals surface area (Å²) in [6.45, 7) is 3.96. The van der Waals surface area contributed by atoms with Crippen LogP contribution in [-0.2, 0) is 19.2 Å². The van der Waals surface area contributed by atoms with Gasteiger partial charge in [-0.05, 0) is 44.6 Å². The number of unbranched alkanes of at least 4 members (excludes halogenated alkanes) is 1. The number of nitrogens with one attached hydrogen (secondary N) is 3. The van der Waals surface area contributed by atoms with Crippen LogP contribution in [0.4, 0.5) is 0 Å². The highest BCUT2D eigenvalue weighted by Crippen LogP contribution is 2.07. The highest BCUT2D eigenvalue weighted by Gasteiger charge is 2.26. The molecule has 0 aliphatic heterocycles. The molecule has 0 aromatic heterocycles. The van der Waals surface area contributed by atoms with Gasteiger partial charge >= 0.3 is 5.97 Å². The topological polar surface area (TPSA) is 241 Å². The number of hydrogen-bond donors (Lipinski definition) is 8. The smallest absolute Gasteiger partial charge is 0.326 e. The average molecular weight is 473 g/mol. The lowest BCUT2D eigenvalue weighted by molar-refractivity contribution is -0.142. The van der Waals surface area contributed by atoms with Crippen molar-refractivity contribution in [2.75, 3.05) is 19.6 Å². The molecule has 3 amide bonds. The van der Waals surface area contributed by atoms with E-state index in [-0.39, 0.29) is 31.3 Å². The molecule has 0 saturated heterocycles. The third-order valence-electron chi connectivity index (χ3n) is 5.14. The second kappa shape index (κ2) is 16.7. The summed E-state index contributed by atoms with van der Waals surface area (Å²) in [5.41, 5.74) is 21.9. The van der Waals surface area contributed by atoms with Crippen molar-refractivity contribution in [2.45, 2.75) is 70.5 Å². The first-order valence-electron chi connectivity index (χ1n) is 11.1. The number of guanidine groups is 1. The Kier molecular flexibility index (Phi) is 15.2. The Morgan fingerprint density at radius 2 is 1.61 bits per heavy atom. The maximum Gasteiger partial charge on any atom is 0.326 e. The number of carbonyl (C=O) groups is 4. The molecule has 0 aromatic rings. The molecule has 0 fully saturated rings. The average Bonchev–Trinajstić information content (AvgIpc) is 2.77. The summed E-state index contributed by atoms with van der Waals surface area (Å²) in [5.74, 6) is -3.10. The van der Waals surface area contributed by atoms with Gasteiger partial charge in [-0.3, -0.25) is 19.4 Å². The van der Waals surface area contributed by atoms with Crippen molar-refractivity contribution in [2.24, 2.45) is 33.8 Å². The lowest BCUT2D eigenvalue weighted by atomic mass is 9.98. The number of carboxylic acid groups (broad SMARTS) is 1. The van der Waals surface area contributed by atoms with Gasteiger partial charge in [-0.2, -0.15) is 0 Å². The van der Waals surface area contributed by atoms with E-state index in [9.17, 15) is 24.3 Å². The third kappa shape index (κ3) is 13.3. The zero-order valence-electron chi connectivity index (χ0n) is 19.5. The molecule has 4 unspecified atom stereocenters. The van der Waals surface area contributed by atoms with Crippen molar-refractivity contribution in [1.82, 2.24) is 16.0 Å². The number of aliphatic carboxylic acids is 1. The molecular formula is C20H40N8O5. The van der Waals surface area contributed by atoms with Gasteiger partial charge in [-0.15, -0.1) is 0 Å². The monoisotopic (exact) mass is 472 g/mol. The number of rotatable bonds is 17. The fourth-order valence-electron chi connectivity index (χ4n) is 2.84.